The molecule has 1 aromatic carbocycles. The second-order valence-corrected chi connectivity index (χ2v) is 3.85. The van der Waals surface area contributed by atoms with Crippen LogP contribution in [0.15, 0.2) is 42.5 Å². The zero-order valence-electron chi connectivity index (χ0n) is 11.0. The standard InChI is InChI=1S/C14H13NO5/c1-10(16)4-3-5-13(14(17)20-2)11-6-8-12(9-7-11)15(18)19/h3-9H,1-2H3/b4-3-,13-5-. The zero-order chi connectivity index (χ0) is 15.1. The number of allylic oxidation sites excluding steroid dienone is 3. The molecule has 0 spiro atoms. The molecule has 104 valence electrons. The van der Waals surface area contributed by atoms with Crippen LogP contribution < -0.4 is 0 Å². The third kappa shape index (κ3) is 4.16. The first-order valence-corrected chi connectivity index (χ1v) is 5.67. The predicted octanol–water partition coefficient (Wildman–Crippen LogP) is 2.30. The Labute approximate surface area is 115 Å². The normalized spacial score (nSPS) is 11.4. The van der Waals surface area contributed by atoms with Gasteiger partial charge in [0.25, 0.3) is 5.69 Å². The number of carbonyl (C=O) groups excluding carboxylic acids is 2. The lowest BCUT2D eigenvalue weighted by Crippen LogP contribution is -2.03. The molecule has 0 saturated carbocycles. The molecule has 0 radical (unpaired) electrons. The van der Waals surface area contributed by atoms with Crippen LogP contribution in [0, 0.1) is 10.1 Å². The highest BCUT2D eigenvalue weighted by molar-refractivity contribution is 6.16. The number of ketones is 1. The minimum atomic E-state index is -0.591. The van der Waals surface area contributed by atoms with Gasteiger partial charge in [0.15, 0.2) is 5.78 Å². The Balaban J connectivity index is 3.14. The maximum Gasteiger partial charge on any atom is 0.338 e. The van der Waals surface area contributed by atoms with E-state index in [1.165, 1.54) is 56.5 Å². The summed E-state index contributed by atoms with van der Waals surface area (Å²) in [5.41, 5.74) is 0.604. The molecule has 0 amide bonds. The summed E-state index contributed by atoms with van der Waals surface area (Å²) in [7, 11) is 1.23. The second kappa shape index (κ2) is 6.98. The summed E-state index contributed by atoms with van der Waals surface area (Å²) < 4.78 is 4.64. The minimum Gasteiger partial charge on any atom is -0.465 e. The fourth-order valence-corrected chi connectivity index (χ4v) is 1.43. The fourth-order valence-electron chi connectivity index (χ4n) is 1.43. The summed E-state index contributed by atoms with van der Waals surface area (Å²) >= 11 is 0. The van der Waals surface area contributed by atoms with Gasteiger partial charge in [0.05, 0.1) is 17.6 Å². The van der Waals surface area contributed by atoms with Crippen LogP contribution in [0.5, 0.6) is 0 Å². The lowest BCUT2D eigenvalue weighted by Gasteiger charge is -2.04. The smallest absolute Gasteiger partial charge is 0.338 e. The van der Waals surface area contributed by atoms with Crippen molar-refractivity contribution in [3.05, 3.63) is 58.2 Å². The number of nitro benzene ring substituents is 1. The maximum atomic E-state index is 11.7. The number of ether oxygens (including phenoxy) is 1. The van der Waals surface area contributed by atoms with E-state index < -0.39 is 10.9 Å². The summed E-state index contributed by atoms with van der Waals surface area (Å²) in [5, 5.41) is 10.6. The topological polar surface area (TPSA) is 86.5 Å². The van der Waals surface area contributed by atoms with Crippen molar-refractivity contribution in [3.8, 4) is 0 Å². The van der Waals surface area contributed by atoms with Gasteiger partial charge in [-0.3, -0.25) is 14.9 Å². The minimum absolute atomic E-state index is 0.0720. The lowest BCUT2D eigenvalue weighted by molar-refractivity contribution is -0.384. The molecule has 6 nitrogen and oxygen atoms in total. The van der Waals surface area contributed by atoms with Gasteiger partial charge in [-0.1, -0.05) is 6.08 Å². The molecule has 0 unspecified atom stereocenters. The Bertz CT molecular complexity index is 584. The van der Waals surface area contributed by atoms with Gasteiger partial charge in [-0.2, -0.15) is 0 Å². The van der Waals surface area contributed by atoms with Crippen LogP contribution in [-0.2, 0) is 14.3 Å². The van der Waals surface area contributed by atoms with Crippen LogP contribution in [0.1, 0.15) is 12.5 Å². The zero-order valence-corrected chi connectivity index (χ0v) is 11.0. The summed E-state index contributed by atoms with van der Waals surface area (Å²) in [4.78, 5) is 32.5. The molecule has 1 rings (SSSR count). The van der Waals surface area contributed by atoms with Gasteiger partial charge in [0.2, 0.25) is 0 Å². The molecule has 0 aromatic heterocycles. The monoisotopic (exact) mass is 275 g/mol. The Morgan fingerprint density at radius 3 is 2.30 bits per heavy atom. The number of benzene rings is 1. The molecule has 0 heterocycles. The van der Waals surface area contributed by atoms with E-state index in [9.17, 15) is 19.7 Å². The van der Waals surface area contributed by atoms with Crippen LogP contribution in [-0.4, -0.2) is 23.8 Å². The van der Waals surface area contributed by atoms with Crippen molar-refractivity contribution < 1.29 is 19.2 Å². The molecule has 0 atom stereocenters. The quantitative estimate of drug-likeness (QED) is 0.270. The first kappa shape index (κ1) is 15.3. The highest BCUT2D eigenvalue weighted by Gasteiger charge is 2.13. The Morgan fingerprint density at radius 2 is 1.85 bits per heavy atom. The van der Waals surface area contributed by atoms with Crippen molar-refractivity contribution in [1.82, 2.24) is 0 Å². The largest absolute Gasteiger partial charge is 0.465 e. The average molecular weight is 275 g/mol. The van der Waals surface area contributed by atoms with Crippen LogP contribution in [0.4, 0.5) is 5.69 Å². The van der Waals surface area contributed by atoms with Crippen LogP contribution >= 0.6 is 0 Å². The molecule has 0 bridgehead atoms. The SMILES string of the molecule is COC(=O)/C(=C\C=C/C(C)=O)c1ccc([N+](=O)[O-])cc1. The van der Waals surface area contributed by atoms with Gasteiger partial charge in [-0.25, -0.2) is 4.79 Å². The summed E-state index contributed by atoms with van der Waals surface area (Å²) in [6.45, 7) is 1.38. The number of hydrogen-bond donors (Lipinski definition) is 0. The van der Waals surface area contributed by atoms with E-state index in [0.29, 0.717) is 5.56 Å². The number of carbonyl (C=O) groups is 2. The number of nitrogens with zero attached hydrogens (tertiary/aromatic N) is 1. The van der Waals surface area contributed by atoms with Gasteiger partial charge < -0.3 is 4.74 Å². The molecule has 6 heteroatoms. The summed E-state index contributed by atoms with van der Waals surface area (Å²) in [6, 6.07) is 5.48. The van der Waals surface area contributed by atoms with Crippen molar-refractivity contribution in [3.63, 3.8) is 0 Å². The maximum absolute atomic E-state index is 11.7. The van der Waals surface area contributed by atoms with Gasteiger partial charge in [0, 0.05) is 12.1 Å². The molecule has 0 aliphatic carbocycles. The number of non-ortho nitro benzene ring substituents is 1. The van der Waals surface area contributed by atoms with E-state index in [0.717, 1.165) is 0 Å². The van der Waals surface area contributed by atoms with E-state index in [-0.39, 0.29) is 17.0 Å². The Kier molecular flexibility index (Phi) is 5.34. The first-order chi connectivity index (χ1) is 9.45. The van der Waals surface area contributed by atoms with E-state index in [4.69, 9.17) is 0 Å². The molecular formula is C14H13NO5. The second-order valence-electron chi connectivity index (χ2n) is 3.85. The summed E-state index contributed by atoms with van der Waals surface area (Å²) in [5.74, 6) is -0.749. The number of nitro groups is 1. The van der Waals surface area contributed by atoms with Crippen molar-refractivity contribution in [2.75, 3.05) is 7.11 Å². The van der Waals surface area contributed by atoms with Crippen molar-refractivity contribution in [2.45, 2.75) is 6.92 Å². The third-order valence-electron chi connectivity index (χ3n) is 2.39. The molecule has 0 N–H and O–H groups in total. The van der Waals surface area contributed by atoms with Gasteiger partial charge in [-0.15, -0.1) is 0 Å². The Morgan fingerprint density at radius 1 is 1.25 bits per heavy atom. The lowest BCUT2D eigenvalue weighted by atomic mass is 10.0. The van der Waals surface area contributed by atoms with Crippen molar-refractivity contribution in [1.29, 1.82) is 0 Å². The van der Waals surface area contributed by atoms with Crippen molar-refractivity contribution >= 4 is 23.0 Å². The number of rotatable bonds is 5. The highest BCUT2D eigenvalue weighted by Crippen LogP contribution is 2.20. The van der Waals surface area contributed by atoms with Gasteiger partial charge in [0.1, 0.15) is 0 Å². The van der Waals surface area contributed by atoms with E-state index >= 15 is 0 Å². The van der Waals surface area contributed by atoms with E-state index in [1.807, 2.05) is 0 Å². The molecule has 0 aliphatic heterocycles. The molecule has 20 heavy (non-hydrogen) atoms. The molecule has 0 aliphatic rings. The number of methoxy groups -OCH3 is 1. The number of esters is 1. The fraction of sp³-hybridized carbons (Fsp3) is 0.143. The summed E-state index contributed by atoms with van der Waals surface area (Å²) in [6.07, 6.45) is 4.15. The van der Waals surface area contributed by atoms with Crippen molar-refractivity contribution in [2.24, 2.45) is 0 Å². The van der Waals surface area contributed by atoms with Crippen LogP contribution in [0.25, 0.3) is 5.57 Å². The highest BCUT2D eigenvalue weighted by atomic mass is 16.6. The molecular weight excluding hydrogens is 262 g/mol. The molecule has 1 aromatic rings. The average Bonchev–Trinajstić information content (AvgIpc) is 2.42. The molecule has 0 saturated heterocycles. The van der Waals surface area contributed by atoms with E-state index in [2.05, 4.69) is 4.74 Å². The van der Waals surface area contributed by atoms with Crippen LogP contribution in [0.2, 0.25) is 0 Å². The third-order valence-corrected chi connectivity index (χ3v) is 2.39. The van der Waals surface area contributed by atoms with E-state index in [1.54, 1.807) is 0 Å². The number of hydrogen-bond acceptors (Lipinski definition) is 5. The first-order valence-electron chi connectivity index (χ1n) is 5.67. The molecule has 0 fully saturated rings. The van der Waals surface area contributed by atoms with Gasteiger partial charge in [-0.05, 0) is 36.8 Å². The Hall–Kier alpha value is -2.76. The van der Waals surface area contributed by atoms with Crippen LogP contribution in [0.3, 0.4) is 0 Å². The predicted molar refractivity (Wildman–Crippen MR) is 72.9 cm³/mol. The van der Waals surface area contributed by atoms with Gasteiger partial charge >= 0.3 is 5.97 Å².